The monoisotopic (exact) mass is 362 g/mol. The maximum atomic E-state index is 12.4. The molecule has 0 spiro atoms. The highest BCUT2D eigenvalue weighted by Crippen LogP contribution is 2.28. The first kappa shape index (κ1) is 20.7. The number of amides is 2. The van der Waals surface area contributed by atoms with Crippen molar-refractivity contribution in [2.75, 3.05) is 13.1 Å². The average Bonchev–Trinajstić information content (AvgIpc) is 2.66. The van der Waals surface area contributed by atoms with Gasteiger partial charge in [0.25, 0.3) is 0 Å². The minimum Gasteiger partial charge on any atom is -0.370 e. The van der Waals surface area contributed by atoms with Crippen molar-refractivity contribution in [3.05, 3.63) is 0 Å². The fourth-order valence-electron chi connectivity index (χ4n) is 4.44. The summed E-state index contributed by atoms with van der Waals surface area (Å²) >= 11 is 0. The van der Waals surface area contributed by atoms with Gasteiger partial charge in [0, 0.05) is 32.0 Å². The van der Waals surface area contributed by atoms with Gasteiger partial charge in [-0.1, -0.05) is 39.0 Å². The minimum absolute atomic E-state index is 0.00903. The van der Waals surface area contributed by atoms with Gasteiger partial charge in [0.2, 0.25) is 11.8 Å². The van der Waals surface area contributed by atoms with Gasteiger partial charge in [-0.25, -0.2) is 0 Å². The van der Waals surface area contributed by atoms with E-state index in [4.69, 9.17) is 5.73 Å². The Bertz CT molecular complexity index is 514. The van der Waals surface area contributed by atoms with Gasteiger partial charge < -0.3 is 11.1 Å². The maximum Gasteiger partial charge on any atom is 0.221 e. The van der Waals surface area contributed by atoms with Gasteiger partial charge in [-0.15, -0.1) is 0 Å². The van der Waals surface area contributed by atoms with E-state index in [1.807, 2.05) is 6.92 Å². The second-order valence-electron chi connectivity index (χ2n) is 8.05. The van der Waals surface area contributed by atoms with E-state index in [0.717, 1.165) is 12.8 Å². The Kier molecular flexibility index (Phi) is 7.89. The Labute approximate surface area is 157 Å². The second kappa shape index (κ2) is 9.91. The number of nitrogens with two attached hydrogens (primary N) is 1. The summed E-state index contributed by atoms with van der Waals surface area (Å²) in [7, 11) is 0. The molecule has 1 aliphatic heterocycles. The minimum atomic E-state index is -0.759. The molecule has 146 valence electrons. The molecule has 0 radical (unpaired) electrons. The third-order valence-electron chi connectivity index (χ3n) is 6.17. The molecule has 0 bridgehead atoms. The van der Waals surface area contributed by atoms with Crippen molar-refractivity contribution >= 4 is 11.8 Å². The number of carbonyl (C=O) groups is 2. The van der Waals surface area contributed by atoms with Crippen LogP contribution < -0.4 is 11.1 Å². The molecule has 1 saturated carbocycles. The van der Waals surface area contributed by atoms with Crippen LogP contribution in [0.3, 0.4) is 0 Å². The maximum absolute atomic E-state index is 12.4. The summed E-state index contributed by atoms with van der Waals surface area (Å²) in [5.41, 5.74) is 4.58. The molecule has 1 heterocycles. The number of carbonyl (C=O) groups excluding carboxylic acids is 2. The zero-order chi connectivity index (χ0) is 19.0. The molecule has 1 saturated heterocycles. The Morgan fingerprint density at radius 3 is 2.46 bits per heavy atom. The lowest BCUT2D eigenvalue weighted by molar-refractivity contribution is -0.123. The lowest BCUT2D eigenvalue weighted by Crippen LogP contribution is -2.56. The SMILES string of the molecule is CCC(CC(N)=O)N1CCC(C#N)(NC(=O)CCC2CCCCC2)CC1. The summed E-state index contributed by atoms with van der Waals surface area (Å²) in [6.07, 6.45) is 10.3. The van der Waals surface area contributed by atoms with E-state index in [1.54, 1.807) is 0 Å². The van der Waals surface area contributed by atoms with E-state index in [0.29, 0.717) is 44.7 Å². The van der Waals surface area contributed by atoms with Crippen LogP contribution in [0.15, 0.2) is 0 Å². The van der Waals surface area contributed by atoms with Crippen LogP contribution >= 0.6 is 0 Å². The van der Waals surface area contributed by atoms with E-state index in [1.165, 1.54) is 32.1 Å². The van der Waals surface area contributed by atoms with E-state index in [9.17, 15) is 14.9 Å². The van der Waals surface area contributed by atoms with Crippen molar-refractivity contribution in [3.8, 4) is 6.07 Å². The third-order valence-corrected chi connectivity index (χ3v) is 6.17. The number of primary amides is 1. The molecular formula is C20H34N4O2. The van der Waals surface area contributed by atoms with E-state index >= 15 is 0 Å². The highest BCUT2D eigenvalue weighted by molar-refractivity contribution is 5.77. The van der Waals surface area contributed by atoms with Crippen LogP contribution in [0.1, 0.15) is 77.6 Å². The fraction of sp³-hybridized carbons (Fsp3) is 0.850. The van der Waals surface area contributed by atoms with E-state index < -0.39 is 5.54 Å². The van der Waals surface area contributed by atoms with Crippen molar-refractivity contribution in [1.29, 1.82) is 5.26 Å². The molecule has 0 aromatic carbocycles. The highest BCUT2D eigenvalue weighted by Gasteiger charge is 2.37. The quantitative estimate of drug-likeness (QED) is 0.693. The molecule has 0 aromatic heterocycles. The molecular weight excluding hydrogens is 328 g/mol. The van der Waals surface area contributed by atoms with Crippen LogP contribution in [0.5, 0.6) is 0 Å². The Morgan fingerprint density at radius 2 is 1.92 bits per heavy atom. The molecule has 3 N–H and O–H groups in total. The highest BCUT2D eigenvalue weighted by atomic mass is 16.2. The predicted molar refractivity (Wildman–Crippen MR) is 101 cm³/mol. The molecule has 2 rings (SSSR count). The first-order valence-electron chi connectivity index (χ1n) is 10.2. The smallest absolute Gasteiger partial charge is 0.221 e. The average molecular weight is 363 g/mol. The normalized spacial score (nSPS) is 22.3. The zero-order valence-electron chi connectivity index (χ0n) is 16.1. The van der Waals surface area contributed by atoms with E-state index in [2.05, 4.69) is 16.3 Å². The number of nitrogens with one attached hydrogen (secondary N) is 1. The van der Waals surface area contributed by atoms with Gasteiger partial charge in [-0.05, 0) is 31.6 Å². The van der Waals surface area contributed by atoms with Gasteiger partial charge in [-0.2, -0.15) is 5.26 Å². The summed E-state index contributed by atoms with van der Waals surface area (Å²) in [5, 5.41) is 12.7. The van der Waals surface area contributed by atoms with Crippen molar-refractivity contribution in [3.63, 3.8) is 0 Å². The molecule has 6 nitrogen and oxygen atoms in total. The van der Waals surface area contributed by atoms with Gasteiger partial charge in [0.1, 0.15) is 5.54 Å². The Hall–Kier alpha value is -1.61. The topological polar surface area (TPSA) is 99.2 Å². The van der Waals surface area contributed by atoms with Crippen LogP contribution in [0.4, 0.5) is 0 Å². The summed E-state index contributed by atoms with van der Waals surface area (Å²) in [6.45, 7) is 3.47. The van der Waals surface area contributed by atoms with Gasteiger partial charge in [-0.3, -0.25) is 14.5 Å². The summed E-state index contributed by atoms with van der Waals surface area (Å²) in [5.74, 6) is 0.397. The third kappa shape index (κ3) is 5.98. The lowest BCUT2D eigenvalue weighted by Gasteiger charge is -2.41. The van der Waals surface area contributed by atoms with Crippen LogP contribution in [0.25, 0.3) is 0 Å². The molecule has 0 aromatic rings. The summed E-state index contributed by atoms with van der Waals surface area (Å²) in [6, 6.07) is 2.49. The van der Waals surface area contributed by atoms with Crippen LogP contribution in [0, 0.1) is 17.2 Å². The van der Waals surface area contributed by atoms with Gasteiger partial charge >= 0.3 is 0 Å². The van der Waals surface area contributed by atoms with Crippen molar-refractivity contribution in [2.24, 2.45) is 11.7 Å². The van der Waals surface area contributed by atoms with Gasteiger partial charge in [0.15, 0.2) is 0 Å². The lowest BCUT2D eigenvalue weighted by atomic mass is 9.85. The largest absolute Gasteiger partial charge is 0.370 e. The first-order chi connectivity index (χ1) is 12.5. The van der Waals surface area contributed by atoms with E-state index in [-0.39, 0.29) is 17.9 Å². The Balaban J connectivity index is 1.81. The number of hydrogen-bond acceptors (Lipinski definition) is 4. The number of piperidine rings is 1. The molecule has 26 heavy (non-hydrogen) atoms. The van der Waals surface area contributed by atoms with Gasteiger partial charge in [0.05, 0.1) is 6.07 Å². The molecule has 2 aliphatic rings. The van der Waals surface area contributed by atoms with Crippen molar-refractivity contribution in [2.45, 2.75) is 89.1 Å². The Morgan fingerprint density at radius 1 is 1.27 bits per heavy atom. The zero-order valence-corrected chi connectivity index (χ0v) is 16.1. The van der Waals surface area contributed by atoms with Crippen LogP contribution in [-0.2, 0) is 9.59 Å². The van der Waals surface area contributed by atoms with Crippen molar-refractivity contribution < 1.29 is 9.59 Å². The number of likely N-dealkylation sites (tertiary alicyclic amines) is 1. The number of hydrogen-bond donors (Lipinski definition) is 2. The number of rotatable bonds is 8. The standard InChI is InChI=1S/C20H34N4O2/c1-2-17(14-18(22)25)24-12-10-20(15-21,11-13-24)23-19(26)9-8-16-6-4-3-5-7-16/h16-17H,2-14H2,1H3,(H2,22,25)(H,23,26). The number of nitrogens with zero attached hydrogens (tertiary/aromatic N) is 2. The first-order valence-corrected chi connectivity index (χ1v) is 10.2. The fourth-order valence-corrected chi connectivity index (χ4v) is 4.44. The molecule has 6 heteroatoms. The summed E-state index contributed by atoms with van der Waals surface area (Å²) in [4.78, 5) is 25.9. The molecule has 2 fully saturated rings. The molecule has 1 atom stereocenters. The summed E-state index contributed by atoms with van der Waals surface area (Å²) < 4.78 is 0. The molecule has 1 aliphatic carbocycles. The van der Waals surface area contributed by atoms with Crippen molar-refractivity contribution in [1.82, 2.24) is 10.2 Å². The number of nitriles is 1. The molecule has 1 unspecified atom stereocenters. The van der Waals surface area contributed by atoms with Crippen LogP contribution in [-0.4, -0.2) is 41.4 Å². The molecule has 2 amide bonds. The van der Waals surface area contributed by atoms with Crippen LogP contribution in [0.2, 0.25) is 0 Å². The predicted octanol–water partition coefficient (Wildman–Crippen LogP) is 2.48. The second-order valence-corrected chi connectivity index (χ2v) is 8.05.